The molecule has 0 aliphatic rings. The number of hydrogen-bond acceptors (Lipinski definition) is 5. The second-order valence-electron chi connectivity index (χ2n) is 4.70. The number of aromatic nitrogens is 2. The zero-order chi connectivity index (χ0) is 15.2. The van der Waals surface area contributed by atoms with Crippen LogP contribution in [0.3, 0.4) is 0 Å². The molecule has 2 N–H and O–H groups in total. The molecule has 1 atom stereocenters. The summed E-state index contributed by atoms with van der Waals surface area (Å²) >= 11 is 1.67. The normalized spacial score (nSPS) is 12.2. The van der Waals surface area contributed by atoms with Crippen LogP contribution in [0.15, 0.2) is 35.5 Å². The van der Waals surface area contributed by atoms with E-state index in [1.807, 2.05) is 12.5 Å². The molecule has 1 heterocycles. The molecule has 2 aromatic rings. The summed E-state index contributed by atoms with van der Waals surface area (Å²) in [5, 5.41) is 16.5. The third-order valence-corrected chi connectivity index (χ3v) is 4.03. The largest absolute Gasteiger partial charge is 0.496 e. The fraction of sp³-hybridized carbons (Fsp3) is 0.400. The van der Waals surface area contributed by atoms with Crippen molar-refractivity contribution in [3.05, 3.63) is 36.2 Å². The second-order valence-corrected chi connectivity index (χ2v) is 5.54. The van der Waals surface area contributed by atoms with Crippen molar-refractivity contribution in [2.45, 2.75) is 24.4 Å². The molecule has 6 heteroatoms. The van der Waals surface area contributed by atoms with Crippen LogP contribution in [0.2, 0.25) is 0 Å². The van der Waals surface area contributed by atoms with Crippen LogP contribution in [0.5, 0.6) is 5.75 Å². The SMILES string of the molecule is COc1cc(C(C)Nc2cnn(CCO)c2)ccc1SC. The maximum Gasteiger partial charge on any atom is 0.132 e. The molecule has 1 aromatic heterocycles. The minimum absolute atomic E-state index is 0.0873. The number of nitrogens with one attached hydrogen (secondary N) is 1. The summed E-state index contributed by atoms with van der Waals surface area (Å²) in [5.41, 5.74) is 2.09. The van der Waals surface area contributed by atoms with Crippen molar-refractivity contribution < 1.29 is 9.84 Å². The first-order valence-corrected chi connectivity index (χ1v) is 8.02. The van der Waals surface area contributed by atoms with Gasteiger partial charge in [-0.25, -0.2) is 0 Å². The van der Waals surface area contributed by atoms with E-state index in [0.717, 1.165) is 21.9 Å². The average Bonchev–Trinajstić information content (AvgIpc) is 2.94. The van der Waals surface area contributed by atoms with Gasteiger partial charge in [-0.3, -0.25) is 4.68 Å². The predicted molar refractivity (Wildman–Crippen MR) is 86.1 cm³/mol. The smallest absolute Gasteiger partial charge is 0.132 e. The Morgan fingerprint density at radius 2 is 2.29 bits per heavy atom. The molecule has 114 valence electrons. The van der Waals surface area contributed by atoms with E-state index in [1.165, 1.54) is 0 Å². The summed E-state index contributed by atoms with van der Waals surface area (Å²) in [6.45, 7) is 2.69. The van der Waals surface area contributed by atoms with Gasteiger partial charge in [0.25, 0.3) is 0 Å². The van der Waals surface area contributed by atoms with Gasteiger partial charge in [-0.05, 0) is 30.9 Å². The number of benzene rings is 1. The molecule has 0 aliphatic heterocycles. The van der Waals surface area contributed by atoms with Crippen LogP contribution in [0, 0.1) is 0 Å². The van der Waals surface area contributed by atoms with E-state index in [2.05, 4.69) is 35.5 Å². The van der Waals surface area contributed by atoms with Gasteiger partial charge in [-0.1, -0.05) is 6.07 Å². The van der Waals surface area contributed by atoms with Crippen LogP contribution < -0.4 is 10.1 Å². The first-order valence-electron chi connectivity index (χ1n) is 6.79. The Hall–Kier alpha value is -1.66. The molecule has 0 saturated heterocycles. The summed E-state index contributed by atoms with van der Waals surface area (Å²) in [7, 11) is 1.69. The highest BCUT2D eigenvalue weighted by Crippen LogP contribution is 2.31. The van der Waals surface area contributed by atoms with Gasteiger partial charge in [0.2, 0.25) is 0 Å². The van der Waals surface area contributed by atoms with Gasteiger partial charge in [0.15, 0.2) is 0 Å². The van der Waals surface area contributed by atoms with E-state index in [9.17, 15) is 0 Å². The number of aliphatic hydroxyl groups is 1. The summed E-state index contributed by atoms with van der Waals surface area (Å²) < 4.78 is 7.14. The van der Waals surface area contributed by atoms with Crippen molar-refractivity contribution in [3.63, 3.8) is 0 Å². The molecule has 0 spiro atoms. The molecule has 0 aliphatic carbocycles. The van der Waals surface area contributed by atoms with Gasteiger partial charge >= 0.3 is 0 Å². The summed E-state index contributed by atoms with van der Waals surface area (Å²) in [6, 6.07) is 6.37. The Bertz CT molecular complexity index is 586. The Kier molecular flexibility index (Phi) is 5.52. The molecular weight excluding hydrogens is 286 g/mol. The lowest BCUT2D eigenvalue weighted by Gasteiger charge is -2.16. The molecular formula is C15H21N3O2S. The lowest BCUT2D eigenvalue weighted by Crippen LogP contribution is -2.06. The van der Waals surface area contributed by atoms with Gasteiger partial charge in [-0.15, -0.1) is 11.8 Å². The predicted octanol–water partition coefficient (Wildman–Crippen LogP) is 2.78. The van der Waals surface area contributed by atoms with Crippen molar-refractivity contribution in [3.8, 4) is 5.75 Å². The molecule has 0 radical (unpaired) electrons. The van der Waals surface area contributed by atoms with Crippen LogP contribution in [0.4, 0.5) is 5.69 Å². The third-order valence-electron chi connectivity index (χ3n) is 3.25. The molecule has 2 rings (SSSR count). The fourth-order valence-corrected chi connectivity index (χ4v) is 2.67. The highest BCUT2D eigenvalue weighted by molar-refractivity contribution is 7.98. The highest BCUT2D eigenvalue weighted by atomic mass is 32.2. The van der Waals surface area contributed by atoms with E-state index in [1.54, 1.807) is 29.8 Å². The van der Waals surface area contributed by atoms with Crippen molar-refractivity contribution in [2.24, 2.45) is 0 Å². The number of hydrogen-bond donors (Lipinski definition) is 2. The Morgan fingerprint density at radius 3 is 2.95 bits per heavy atom. The lowest BCUT2D eigenvalue weighted by molar-refractivity contribution is 0.269. The van der Waals surface area contributed by atoms with E-state index in [4.69, 9.17) is 9.84 Å². The van der Waals surface area contributed by atoms with E-state index in [-0.39, 0.29) is 12.6 Å². The van der Waals surface area contributed by atoms with Crippen LogP contribution in [0.25, 0.3) is 0 Å². The number of aliphatic hydroxyl groups excluding tert-OH is 1. The maximum atomic E-state index is 8.90. The van der Waals surface area contributed by atoms with E-state index in [0.29, 0.717) is 6.54 Å². The van der Waals surface area contributed by atoms with Gasteiger partial charge in [0.1, 0.15) is 5.75 Å². The van der Waals surface area contributed by atoms with Crippen molar-refractivity contribution in [1.82, 2.24) is 9.78 Å². The fourth-order valence-electron chi connectivity index (χ4n) is 2.12. The third kappa shape index (κ3) is 3.92. The summed E-state index contributed by atoms with van der Waals surface area (Å²) in [4.78, 5) is 1.13. The molecule has 1 unspecified atom stereocenters. The molecule has 21 heavy (non-hydrogen) atoms. The molecule has 0 saturated carbocycles. The van der Waals surface area contributed by atoms with E-state index >= 15 is 0 Å². The minimum atomic E-state index is 0.0873. The van der Waals surface area contributed by atoms with Gasteiger partial charge in [-0.2, -0.15) is 5.10 Å². The number of rotatable bonds is 7. The summed E-state index contributed by atoms with van der Waals surface area (Å²) in [5.74, 6) is 0.893. The van der Waals surface area contributed by atoms with Crippen LogP contribution in [0.1, 0.15) is 18.5 Å². The number of methoxy groups -OCH3 is 1. The first-order chi connectivity index (χ1) is 10.2. The number of nitrogens with zero attached hydrogens (tertiary/aromatic N) is 2. The van der Waals surface area contributed by atoms with Crippen LogP contribution in [-0.4, -0.2) is 34.9 Å². The zero-order valence-electron chi connectivity index (χ0n) is 12.5. The number of thioether (sulfide) groups is 1. The van der Waals surface area contributed by atoms with Gasteiger partial charge < -0.3 is 15.2 Å². The number of anilines is 1. The first kappa shape index (κ1) is 15.7. The standard InChI is InChI=1S/C15H21N3O2S/c1-11(17-13-9-16-18(10-13)6-7-19)12-4-5-15(21-3)14(8-12)20-2/h4-5,8-11,17,19H,6-7H2,1-3H3. The average molecular weight is 307 g/mol. The molecule has 1 aromatic carbocycles. The number of ether oxygens (including phenoxy) is 1. The monoisotopic (exact) mass is 307 g/mol. The minimum Gasteiger partial charge on any atom is -0.496 e. The second kappa shape index (κ2) is 7.38. The topological polar surface area (TPSA) is 59.3 Å². The highest BCUT2D eigenvalue weighted by Gasteiger charge is 2.10. The summed E-state index contributed by atoms with van der Waals surface area (Å²) in [6.07, 6.45) is 5.69. The zero-order valence-corrected chi connectivity index (χ0v) is 13.4. The lowest BCUT2D eigenvalue weighted by atomic mass is 10.1. The van der Waals surface area contributed by atoms with Crippen LogP contribution >= 0.6 is 11.8 Å². The van der Waals surface area contributed by atoms with Gasteiger partial charge in [0.05, 0.1) is 32.1 Å². The molecule has 0 fully saturated rings. The molecule has 0 bridgehead atoms. The maximum absolute atomic E-state index is 8.90. The Balaban J connectivity index is 2.10. The van der Waals surface area contributed by atoms with E-state index < -0.39 is 0 Å². The Morgan fingerprint density at radius 1 is 1.48 bits per heavy atom. The quantitative estimate of drug-likeness (QED) is 0.770. The van der Waals surface area contributed by atoms with Crippen molar-refractivity contribution in [1.29, 1.82) is 0 Å². The molecule has 0 amide bonds. The Labute approximate surface area is 129 Å². The molecule has 5 nitrogen and oxygen atoms in total. The van der Waals surface area contributed by atoms with Crippen molar-refractivity contribution >= 4 is 17.4 Å². The van der Waals surface area contributed by atoms with Crippen molar-refractivity contribution in [2.75, 3.05) is 25.3 Å². The van der Waals surface area contributed by atoms with Gasteiger partial charge in [0, 0.05) is 17.1 Å². The van der Waals surface area contributed by atoms with Crippen LogP contribution in [-0.2, 0) is 6.54 Å².